The number of β-amino-alcohol motifs (C(OH)–C–C–N with tert-alkyl or cyclic N) is 1. The van der Waals surface area contributed by atoms with Crippen LogP contribution in [-0.4, -0.2) is 42.3 Å². The van der Waals surface area contributed by atoms with Gasteiger partial charge in [0.15, 0.2) is 0 Å². The van der Waals surface area contributed by atoms with Gasteiger partial charge in [-0.1, -0.05) is 17.7 Å². The zero-order valence-electron chi connectivity index (χ0n) is 10.3. The molecular weight excluding hydrogens is 212 g/mol. The molecule has 1 fully saturated rings. The first-order valence-corrected chi connectivity index (χ1v) is 6.48. The summed E-state index contributed by atoms with van der Waals surface area (Å²) in [6.07, 6.45) is 1.18. The Kier molecular flexibility index (Phi) is 2.81. The number of nitrogens with zero attached hydrogens (tertiary/aromatic N) is 1. The number of rotatable bonds is 2. The standard InChI is InChI=1S/C14H20N2O/c1-10-2-3-13-11(8-10)12-9-16(6-7-17)5-4-14(12)15-13/h2-3,8,12,14-15,17H,4-7,9H2,1H3/t12-,14+/m1/s1. The summed E-state index contributed by atoms with van der Waals surface area (Å²) < 4.78 is 0. The summed E-state index contributed by atoms with van der Waals surface area (Å²) in [6.45, 7) is 5.41. The van der Waals surface area contributed by atoms with Gasteiger partial charge in [-0.15, -0.1) is 0 Å². The van der Waals surface area contributed by atoms with Gasteiger partial charge in [-0.05, 0) is 25.0 Å². The predicted octanol–water partition coefficient (Wildman–Crippen LogP) is 1.57. The molecule has 3 heteroatoms. The lowest BCUT2D eigenvalue weighted by Crippen LogP contribution is -2.43. The average molecular weight is 232 g/mol. The lowest BCUT2D eigenvalue weighted by molar-refractivity contribution is 0.158. The van der Waals surface area contributed by atoms with Crippen molar-refractivity contribution in [2.45, 2.75) is 25.3 Å². The maximum absolute atomic E-state index is 9.04. The molecule has 92 valence electrons. The van der Waals surface area contributed by atoms with Crippen molar-refractivity contribution in [1.29, 1.82) is 0 Å². The fraction of sp³-hybridized carbons (Fsp3) is 0.571. The van der Waals surface area contributed by atoms with Crippen molar-refractivity contribution < 1.29 is 5.11 Å². The highest BCUT2D eigenvalue weighted by Gasteiger charge is 2.36. The third-order valence-electron chi connectivity index (χ3n) is 4.06. The molecule has 0 aromatic heterocycles. The smallest absolute Gasteiger partial charge is 0.0558 e. The second kappa shape index (κ2) is 4.31. The largest absolute Gasteiger partial charge is 0.395 e. The van der Waals surface area contributed by atoms with Crippen LogP contribution in [0.5, 0.6) is 0 Å². The Labute approximate surface area is 102 Å². The Hall–Kier alpha value is -1.06. The molecular formula is C14H20N2O. The summed E-state index contributed by atoms with van der Waals surface area (Å²) in [5.74, 6) is 0.602. The highest BCUT2D eigenvalue weighted by Crippen LogP contribution is 2.40. The maximum Gasteiger partial charge on any atom is 0.0558 e. The molecule has 0 amide bonds. The molecule has 1 aromatic rings. The van der Waals surface area contributed by atoms with Gasteiger partial charge in [0, 0.05) is 37.3 Å². The number of aliphatic hydroxyl groups is 1. The summed E-state index contributed by atoms with van der Waals surface area (Å²) in [5.41, 5.74) is 4.12. The highest BCUT2D eigenvalue weighted by molar-refractivity contribution is 5.60. The Morgan fingerprint density at radius 3 is 3.18 bits per heavy atom. The number of fused-ring (bicyclic) bond motifs is 3. The molecule has 1 aromatic carbocycles. The molecule has 0 spiro atoms. The number of piperidine rings is 1. The molecule has 2 aliphatic heterocycles. The second-order valence-electron chi connectivity index (χ2n) is 5.26. The zero-order chi connectivity index (χ0) is 11.8. The van der Waals surface area contributed by atoms with E-state index in [1.807, 2.05) is 0 Å². The minimum absolute atomic E-state index is 0.269. The SMILES string of the molecule is Cc1ccc2c(c1)[C@H]1CN(CCO)CC[C@@H]1N2. The van der Waals surface area contributed by atoms with Crippen LogP contribution in [0.25, 0.3) is 0 Å². The topological polar surface area (TPSA) is 35.5 Å². The van der Waals surface area contributed by atoms with Gasteiger partial charge < -0.3 is 15.3 Å². The van der Waals surface area contributed by atoms with Crippen LogP contribution >= 0.6 is 0 Å². The van der Waals surface area contributed by atoms with Crippen molar-refractivity contribution in [3.63, 3.8) is 0 Å². The predicted molar refractivity (Wildman–Crippen MR) is 69.5 cm³/mol. The van der Waals surface area contributed by atoms with E-state index in [2.05, 4.69) is 35.3 Å². The number of hydrogen-bond acceptors (Lipinski definition) is 3. The first-order valence-electron chi connectivity index (χ1n) is 6.48. The van der Waals surface area contributed by atoms with E-state index >= 15 is 0 Å². The zero-order valence-corrected chi connectivity index (χ0v) is 10.3. The molecule has 0 bridgehead atoms. The molecule has 17 heavy (non-hydrogen) atoms. The van der Waals surface area contributed by atoms with Crippen LogP contribution in [0.1, 0.15) is 23.5 Å². The number of aryl methyl sites for hydroxylation is 1. The van der Waals surface area contributed by atoms with E-state index < -0.39 is 0 Å². The molecule has 1 saturated heterocycles. The van der Waals surface area contributed by atoms with Gasteiger partial charge in [-0.2, -0.15) is 0 Å². The van der Waals surface area contributed by atoms with Crippen molar-refractivity contribution in [2.75, 3.05) is 31.6 Å². The number of nitrogens with one attached hydrogen (secondary N) is 1. The summed E-state index contributed by atoms with van der Waals surface area (Å²) in [7, 11) is 0. The minimum Gasteiger partial charge on any atom is -0.395 e. The van der Waals surface area contributed by atoms with Crippen molar-refractivity contribution >= 4 is 5.69 Å². The number of aliphatic hydroxyl groups excluding tert-OH is 1. The van der Waals surface area contributed by atoms with Gasteiger partial charge >= 0.3 is 0 Å². The first kappa shape index (κ1) is 11.1. The summed E-state index contributed by atoms with van der Waals surface area (Å²) >= 11 is 0. The Bertz CT molecular complexity index is 419. The van der Waals surface area contributed by atoms with Gasteiger partial charge in [0.2, 0.25) is 0 Å². The van der Waals surface area contributed by atoms with Crippen LogP contribution in [0.4, 0.5) is 5.69 Å². The molecule has 2 aliphatic rings. The molecule has 0 aliphatic carbocycles. The number of likely N-dealkylation sites (tertiary alicyclic amines) is 1. The average Bonchev–Trinajstić information content (AvgIpc) is 2.67. The van der Waals surface area contributed by atoms with E-state index in [-0.39, 0.29) is 6.61 Å². The second-order valence-corrected chi connectivity index (χ2v) is 5.26. The van der Waals surface area contributed by atoms with Crippen LogP contribution in [0.2, 0.25) is 0 Å². The van der Waals surface area contributed by atoms with E-state index in [1.54, 1.807) is 0 Å². The van der Waals surface area contributed by atoms with E-state index in [9.17, 15) is 0 Å². The van der Waals surface area contributed by atoms with Gasteiger partial charge in [0.1, 0.15) is 0 Å². The van der Waals surface area contributed by atoms with E-state index in [4.69, 9.17) is 5.11 Å². The van der Waals surface area contributed by atoms with Gasteiger partial charge in [-0.3, -0.25) is 0 Å². The lowest BCUT2D eigenvalue weighted by Gasteiger charge is -2.34. The Morgan fingerprint density at radius 1 is 1.47 bits per heavy atom. The molecule has 2 heterocycles. The number of hydrogen-bond donors (Lipinski definition) is 2. The molecule has 0 unspecified atom stereocenters. The van der Waals surface area contributed by atoms with E-state index in [0.717, 1.165) is 19.6 Å². The van der Waals surface area contributed by atoms with Gasteiger partial charge in [0.25, 0.3) is 0 Å². The third kappa shape index (κ3) is 1.94. The molecule has 3 rings (SSSR count). The van der Waals surface area contributed by atoms with Crippen molar-refractivity contribution in [3.8, 4) is 0 Å². The van der Waals surface area contributed by atoms with Crippen molar-refractivity contribution in [3.05, 3.63) is 29.3 Å². The Balaban J connectivity index is 1.84. The molecule has 0 radical (unpaired) electrons. The summed E-state index contributed by atoms with van der Waals surface area (Å²) in [5, 5.41) is 12.7. The van der Waals surface area contributed by atoms with E-state index in [0.29, 0.717) is 12.0 Å². The molecule has 2 atom stereocenters. The van der Waals surface area contributed by atoms with Crippen LogP contribution in [0, 0.1) is 6.92 Å². The monoisotopic (exact) mass is 232 g/mol. The fourth-order valence-electron chi connectivity index (χ4n) is 3.17. The van der Waals surface area contributed by atoms with E-state index in [1.165, 1.54) is 23.2 Å². The minimum atomic E-state index is 0.269. The Morgan fingerprint density at radius 2 is 2.35 bits per heavy atom. The lowest BCUT2D eigenvalue weighted by atomic mass is 9.89. The van der Waals surface area contributed by atoms with Crippen LogP contribution in [-0.2, 0) is 0 Å². The summed E-state index contributed by atoms with van der Waals surface area (Å²) in [6, 6.07) is 7.30. The van der Waals surface area contributed by atoms with Crippen molar-refractivity contribution in [1.82, 2.24) is 4.90 Å². The third-order valence-corrected chi connectivity index (χ3v) is 4.06. The maximum atomic E-state index is 9.04. The van der Waals surface area contributed by atoms with Crippen molar-refractivity contribution in [2.24, 2.45) is 0 Å². The quantitative estimate of drug-likeness (QED) is 0.812. The normalized spacial score (nSPS) is 27.4. The number of anilines is 1. The first-order chi connectivity index (χ1) is 8.28. The number of benzene rings is 1. The van der Waals surface area contributed by atoms with Gasteiger partial charge in [-0.25, -0.2) is 0 Å². The molecule has 3 nitrogen and oxygen atoms in total. The highest BCUT2D eigenvalue weighted by atomic mass is 16.3. The van der Waals surface area contributed by atoms with Crippen LogP contribution < -0.4 is 5.32 Å². The van der Waals surface area contributed by atoms with Crippen LogP contribution in [0.15, 0.2) is 18.2 Å². The van der Waals surface area contributed by atoms with Crippen LogP contribution in [0.3, 0.4) is 0 Å². The molecule has 2 N–H and O–H groups in total. The van der Waals surface area contributed by atoms with Gasteiger partial charge in [0.05, 0.1) is 6.61 Å². The summed E-state index contributed by atoms with van der Waals surface area (Å²) in [4.78, 5) is 2.38. The molecule has 0 saturated carbocycles. The fourth-order valence-corrected chi connectivity index (χ4v) is 3.17.